The number of fused-ring (bicyclic) bond motifs is 1. The van der Waals surface area contributed by atoms with E-state index in [9.17, 15) is 9.90 Å². The molecule has 1 saturated heterocycles. The highest BCUT2D eigenvalue weighted by Gasteiger charge is 2.59. The maximum absolute atomic E-state index is 12.1. The third-order valence-electron chi connectivity index (χ3n) is 4.18. The zero-order valence-electron chi connectivity index (χ0n) is 13.4. The Morgan fingerprint density at radius 3 is 2.36 bits per heavy atom. The Balaban J connectivity index is 1.56. The number of amides is 1. The Labute approximate surface area is 129 Å². The zero-order valence-corrected chi connectivity index (χ0v) is 13.4. The molecular formula is C15H22N4O3. The second-order valence-corrected chi connectivity index (χ2v) is 7.06. The van der Waals surface area contributed by atoms with Crippen LogP contribution in [0, 0.1) is 11.8 Å². The highest BCUT2D eigenvalue weighted by atomic mass is 16.6. The highest BCUT2D eigenvalue weighted by molar-refractivity contribution is 5.69. The maximum Gasteiger partial charge on any atom is 0.410 e. The van der Waals surface area contributed by atoms with Gasteiger partial charge in [-0.2, -0.15) is 0 Å². The Hall–Kier alpha value is -2.05. The molecule has 120 valence electrons. The van der Waals surface area contributed by atoms with E-state index in [2.05, 4.69) is 14.9 Å². The zero-order chi connectivity index (χ0) is 16.1. The SMILES string of the molecule is CN(C(=O)OC(C)(C)C)C1[C@H]2CN(c3ncc(O)cn3)C[C@@H]12. The largest absolute Gasteiger partial charge is 0.505 e. The number of carbonyl (C=O) groups is 1. The number of aromatic hydroxyl groups is 1. The van der Waals surface area contributed by atoms with Crippen molar-refractivity contribution in [1.29, 1.82) is 0 Å². The van der Waals surface area contributed by atoms with Crippen molar-refractivity contribution >= 4 is 12.0 Å². The first-order valence-electron chi connectivity index (χ1n) is 7.48. The van der Waals surface area contributed by atoms with Crippen LogP contribution in [-0.2, 0) is 4.74 Å². The molecular weight excluding hydrogens is 284 g/mol. The van der Waals surface area contributed by atoms with Crippen LogP contribution < -0.4 is 4.90 Å². The summed E-state index contributed by atoms with van der Waals surface area (Å²) in [6.07, 6.45) is 2.53. The molecule has 1 aromatic rings. The van der Waals surface area contributed by atoms with Crippen LogP contribution in [-0.4, -0.2) is 57.8 Å². The van der Waals surface area contributed by atoms with Gasteiger partial charge >= 0.3 is 6.09 Å². The van der Waals surface area contributed by atoms with Crippen LogP contribution in [0.4, 0.5) is 10.7 Å². The van der Waals surface area contributed by atoms with E-state index in [1.54, 1.807) is 11.9 Å². The molecule has 0 aromatic carbocycles. The molecule has 3 rings (SSSR count). The predicted octanol–water partition coefficient (Wildman–Crippen LogP) is 1.48. The summed E-state index contributed by atoms with van der Waals surface area (Å²) < 4.78 is 5.41. The molecule has 2 heterocycles. The van der Waals surface area contributed by atoms with E-state index < -0.39 is 5.60 Å². The number of hydrogen-bond acceptors (Lipinski definition) is 6. The van der Waals surface area contributed by atoms with Crippen molar-refractivity contribution in [3.05, 3.63) is 12.4 Å². The van der Waals surface area contributed by atoms with Crippen LogP contribution >= 0.6 is 0 Å². The van der Waals surface area contributed by atoms with Crippen LogP contribution in [0.5, 0.6) is 5.75 Å². The summed E-state index contributed by atoms with van der Waals surface area (Å²) in [7, 11) is 1.80. The maximum atomic E-state index is 12.1. The van der Waals surface area contributed by atoms with Crippen molar-refractivity contribution in [3.8, 4) is 5.75 Å². The summed E-state index contributed by atoms with van der Waals surface area (Å²) in [6.45, 7) is 7.27. The van der Waals surface area contributed by atoms with Crippen molar-refractivity contribution in [2.45, 2.75) is 32.4 Å². The van der Waals surface area contributed by atoms with Gasteiger partial charge in [-0.05, 0) is 20.8 Å². The third kappa shape index (κ3) is 2.80. The molecule has 0 bridgehead atoms. The number of hydrogen-bond donors (Lipinski definition) is 1. The molecule has 2 fully saturated rings. The lowest BCUT2D eigenvalue weighted by Crippen LogP contribution is -2.39. The quantitative estimate of drug-likeness (QED) is 0.891. The van der Waals surface area contributed by atoms with Gasteiger partial charge in [-0.1, -0.05) is 0 Å². The lowest BCUT2D eigenvalue weighted by Gasteiger charge is -2.27. The molecule has 1 saturated carbocycles. The lowest BCUT2D eigenvalue weighted by atomic mass is 10.2. The first-order valence-corrected chi connectivity index (χ1v) is 7.48. The van der Waals surface area contributed by atoms with Crippen molar-refractivity contribution < 1.29 is 14.6 Å². The fourth-order valence-corrected chi connectivity index (χ4v) is 3.17. The minimum Gasteiger partial charge on any atom is -0.505 e. The van der Waals surface area contributed by atoms with E-state index in [1.807, 2.05) is 20.8 Å². The van der Waals surface area contributed by atoms with E-state index in [1.165, 1.54) is 12.4 Å². The van der Waals surface area contributed by atoms with Gasteiger partial charge in [0.05, 0.1) is 12.4 Å². The molecule has 1 N–H and O–H groups in total. The molecule has 7 nitrogen and oxygen atoms in total. The number of ether oxygens (including phenoxy) is 1. The Morgan fingerprint density at radius 1 is 1.32 bits per heavy atom. The van der Waals surface area contributed by atoms with Crippen LogP contribution in [0.15, 0.2) is 12.4 Å². The van der Waals surface area contributed by atoms with Crippen LogP contribution in [0.2, 0.25) is 0 Å². The monoisotopic (exact) mass is 306 g/mol. The van der Waals surface area contributed by atoms with Gasteiger partial charge in [-0.3, -0.25) is 0 Å². The highest BCUT2D eigenvalue weighted by Crippen LogP contribution is 2.49. The Kier molecular flexibility index (Phi) is 3.38. The van der Waals surface area contributed by atoms with E-state index in [-0.39, 0.29) is 17.9 Å². The topological polar surface area (TPSA) is 78.8 Å². The number of nitrogens with zero attached hydrogens (tertiary/aromatic N) is 4. The lowest BCUT2D eigenvalue weighted by molar-refractivity contribution is 0.0268. The van der Waals surface area contributed by atoms with E-state index in [4.69, 9.17) is 4.74 Å². The second kappa shape index (κ2) is 5.00. The van der Waals surface area contributed by atoms with Gasteiger partial charge in [0.2, 0.25) is 5.95 Å². The molecule has 2 aliphatic rings. The average molecular weight is 306 g/mol. The molecule has 1 amide bonds. The number of rotatable bonds is 2. The number of piperidine rings is 1. The molecule has 22 heavy (non-hydrogen) atoms. The predicted molar refractivity (Wildman–Crippen MR) is 80.7 cm³/mol. The van der Waals surface area contributed by atoms with Crippen LogP contribution in [0.25, 0.3) is 0 Å². The molecule has 7 heteroatoms. The third-order valence-corrected chi connectivity index (χ3v) is 4.18. The first kappa shape index (κ1) is 14.9. The van der Waals surface area contributed by atoms with Gasteiger partial charge in [-0.15, -0.1) is 0 Å². The molecule has 1 aliphatic heterocycles. The van der Waals surface area contributed by atoms with Gasteiger partial charge in [0.15, 0.2) is 5.75 Å². The summed E-state index contributed by atoms with van der Waals surface area (Å²) >= 11 is 0. The van der Waals surface area contributed by atoms with Crippen molar-refractivity contribution in [2.24, 2.45) is 11.8 Å². The molecule has 0 spiro atoms. The van der Waals surface area contributed by atoms with Gasteiger partial charge < -0.3 is 19.6 Å². The summed E-state index contributed by atoms with van der Waals surface area (Å²) in [5.74, 6) is 1.57. The Morgan fingerprint density at radius 2 is 1.86 bits per heavy atom. The van der Waals surface area contributed by atoms with Gasteiger partial charge in [0.1, 0.15) is 5.60 Å². The first-order chi connectivity index (χ1) is 10.3. The smallest absolute Gasteiger partial charge is 0.410 e. The van der Waals surface area contributed by atoms with Gasteiger partial charge in [0, 0.05) is 38.0 Å². The van der Waals surface area contributed by atoms with Crippen LogP contribution in [0.3, 0.4) is 0 Å². The van der Waals surface area contributed by atoms with Crippen molar-refractivity contribution in [1.82, 2.24) is 14.9 Å². The molecule has 3 atom stereocenters. The van der Waals surface area contributed by atoms with Gasteiger partial charge in [-0.25, -0.2) is 14.8 Å². The fourth-order valence-electron chi connectivity index (χ4n) is 3.17. The molecule has 1 aliphatic carbocycles. The standard InChI is InChI=1S/C15H22N4O3/c1-15(2,3)22-14(21)18(4)12-10-7-19(8-11(10)12)13-16-5-9(20)6-17-13/h5-6,10-12,20H,7-8H2,1-4H3/t10-,11+,12?. The summed E-state index contributed by atoms with van der Waals surface area (Å²) in [6, 6.07) is 0.239. The minimum absolute atomic E-state index is 0.0654. The minimum atomic E-state index is -0.471. The van der Waals surface area contributed by atoms with Gasteiger partial charge in [0.25, 0.3) is 0 Å². The molecule has 1 aromatic heterocycles. The summed E-state index contributed by atoms with van der Waals surface area (Å²) in [5.41, 5.74) is -0.471. The van der Waals surface area contributed by atoms with E-state index in [0.29, 0.717) is 17.8 Å². The normalized spacial score (nSPS) is 26.5. The summed E-state index contributed by atoms with van der Waals surface area (Å²) in [4.78, 5) is 24.2. The average Bonchev–Trinajstić information content (AvgIpc) is 2.90. The van der Waals surface area contributed by atoms with E-state index in [0.717, 1.165) is 13.1 Å². The van der Waals surface area contributed by atoms with Crippen LogP contribution in [0.1, 0.15) is 20.8 Å². The van der Waals surface area contributed by atoms with Crippen molar-refractivity contribution in [2.75, 3.05) is 25.0 Å². The fraction of sp³-hybridized carbons (Fsp3) is 0.667. The molecule has 1 unspecified atom stereocenters. The second-order valence-electron chi connectivity index (χ2n) is 7.06. The summed E-state index contributed by atoms with van der Waals surface area (Å²) in [5, 5.41) is 9.23. The molecule has 0 radical (unpaired) electrons. The van der Waals surface area contributed by atoms with E-state index >= 15 is 0 Å². The van der Waals surface area contributed by atoms with Crippen molar-refractivity contribution in [3.63, 3.8) is 0 Å². The number of aromatic nitrogens is 2. The number of anilines is 1. The Bertz CT molecular complexity index is 557. The number of carbonyl (C=O) groups excluding carboxylic acids is 1.